The van der Waals surface area contributed by atoms with Crippen LogP contribution in [0.3, 0.4) is 0 Å². The number of nitrogens with two attached hydrogens (primary N) is 2. The van der Waals surface area contributed by atoms with Gasteiger partial charge >= 0.3 is 0 Å². The summed E-state index contributed by atoms with van der Waals surface area (Å²) in [5.74, 6) is 2.44. The van der Waals surface area contributed by atoms with Crippen molar-refractivity contribution >= 4 is 33.5 Å². The summed E-state index contributed by atoms with van der Waals surface area (Å²) in [6.45, 7) is 1.39. The first kappa shape index (κ1) is 21.7. The lowest BCUT2D eigenvalue weighted by Gasteiger charge is -2.18. The van der Waals surface area contributed by atoms with Crippen LogP contribution in [0, 0.1) is 3.57 Å². The van der Waals surface area contributed by atoms with Crippen molar-refractivity contribution in [2.45, 2.75) is 25.4 Å². The van der Waals surface area contributed by atoms with Gasteiger partial charge in [0.05, 0.1) is 24.9 Å². The number of halogens is 1. The van der Waals surface area contributed by atoms with Crippen LogP contribution in [-0.4, -0.2) is 32.4 Å². The molecule has 0 radical (unpaired) electrons. The molecule has 1 aromatic heterocycles. The lowest BCUT2D eigenvalue weighted by molar-refractivity contribution is 0.390. The number of methoxy groups -OCH3 is 3. The summed E-state index contributed by atoms with van der Waals surface area (Å²) in [4.78, 5) is 0. The van der Waals surface area contributed by atoms with Crippen molar-refractivity contribution in [3.8, 4) is 17.2 Å². The molecule has 0 saturated heterocycles. The summed E-state index contributed by atoms with van der Waals surface area (Å²) in [6.07, 6.45) is 3.76. The van der Waals surface area contributed by atoms with Crippen molar-refractivity contribution < 1.29 is 14.2 Å². The molecule has 156 valence electrons. The topological polar surface area (TPSA) is 84.7 Å². The Balaban J connectivity index is 1.87. The maximum atomic E-state index is 6.56. The van der Waals surface area contributed by atoms with E-state index < -0.39 is 0 Å². The highest BCUT2D eigenvalue weighted by Crippen LogP contribution is 2.34. The van der Waals surface area contributed by atoms with Gasteiger partial charge < -0.3 is 30.2 Å². The molecule has 3 rings (SSSR count). The van der Waals surface area contributed by atoms with Crippen LogP contribution in [0.1, 0.15) is 23.6 Å². The third kappa shape index (κ3) is 4.62. The largest absolute Gasteiger partial charge is 0.497 e. The van der Waals surface area contributed by atoms with E-state index in [-0.39, 0.29) is 6.04 Å². The summed E-state index contributed by atoms with van der Waals surface area (Å²) < 4.78 is 19.6. The summed E-state index contributed by atoms with van der Waals surface area (Å²) in [7, 11) is 5.01. The van der Waals surface area contributed by atoms with Crippen LogP contribution >= 0.6 is 22.6 Å². The molecular weight excluding hydrogens is 481 g/mol. The van der Waals surface area contributed by atoms with Gasteiger partial charge in [-0.3, -0.25) is 0 Å². The Kier molecular flexibility index (Phi) is 7.26. The number of benzene rings is 2. The van der Waals surface area contributed by atoms with Gasteiger partial charge in [0.2, 0.25) is 0 Å². The molecule has 7 heteroatoms. The fraction of sp³-hybridized carbons (Fsp3) is 0.364. The van der Waals surface area contributed by atoms with Crippen molar-refractivity contribution in [1.82, 2.24) is 4.57 Å². The molecule has 0 amide bonds. The van der Waals surface area contributed by atoms with Gasteiger partial charge in [0, 0.05) is 35.2 Å². The van der Waals surface area contributed by atoms with Gasteiger partial charge in [0.25, 0.3) is 0 Å². The second-order valence-electron chi connectivity index (χ2n) is 6.89. The van der Waals surface area contributed by atoms with Crippen LogP contribution in [-0.2, 0) is 13.0 Å². The zero-order valence-corrected chi connectivity index (χ0v) is 19.2. The quantitative estimate of drug-likeness (QED) is 0.428. The molecule has 0 fully saturated rings. The Morgan fingerprint density at radius 2 is 1.79 bits per heavy atom. The lowest BCUT2D eigenvalue weighted by Crippen LogP contribution is -2.15. The first-order valence-corrected chi connectivity index (χ1v) is 10.6. The Hall–Kier alpha value is -1.97. The highest BCUT2D eigenvalue weighted by atomic mass is 127. The van der Waals surface area contributed by atoms with Crippen molar-refractivity contribution in [3.05, 3.63) is 51.2 Å². The minimum atomic E-state index is -0.176. The lowest BCUT2D eigenvalue weighted by atomic mass is 10.0. The van der Waals surface area contributed by atoms with Crippen molar-refractivity contribution in [2.24, 2.45) is 11.5 Å². The van der Waals surface area contributed by atoms with Gasteiger partial charge in [-0.2, -0.15) is 0 Å². The molecule has 4 N–H and O–H groups in total. The zero-order valence-electron chi connectivity index (χ0n) is 17.1. The smallest absolute Gasteiger partial charge is 0.132 e. The van der Waals surface area contributed by atoms with Gasteiger partial charge in [-0.25, -0.2) is 0 Å². The fourth-order valence-corrected chi connectivity index (χ4v) is 4.28. The Bertz CT molecular complexity index is 987. The maximum Gasteiger partial charge on any atom is 0.132 e. The second kappa shape index (κ2) is 9.69. The number of rotatable bonds is 9. The molecule has 0 aliphatic carbocycles. The first-order valence-electron chi connectivity index (χ1n) is 9.55. The van der Waals surface area contributed by atoms with Gasteiger partial charge in [-0.1, -0.05) is 0 Å². The van der Waals surface area contributed by atoms with Crippen molar-refractivity contribution in [1.29, 1.82) is 0 Å². The van der Waals surface area contributed by atoms with Crippen LogP contribution in [0.2, 0.25) is 0 Å². The molecule has 0 aliphatic heterocycles. The van der Waals surface area contributed by atoms with E-state index in [0.717, 1.165) is 51.3 Å². The van der Waals surface area contributed by atoms with Gasteiger partial charge in [0.15, 0.2) is 0 Å². The van der Waals surface area contributed by atoms with Crippen LogP contribution in [0.5, 0.6) is 17.2 Å². The van der Waals surface area contributed by atoms with E-state index in [1.54, 1.807) is 21.3 Å². The molecule has 6 nitrogen and oxygen atoms in total. The Morgan fingerprint density at radius 3 is 2.45 bits per heavy atom. The molecule has 1 unspecified atom stereocenters. The van der Waals surface area contributed by atoms with Crippen LogP contribution in [0.4, 0.5) is 0 Å². The molecule has 3 aromatic rings. The normalized spacial score (nSPS) is 12.2. The fourth-order valence-electron chi connectivity index (χ4n) is 3.62. The summed E-state index contributed by atoms with van der Waals surface area (Å²) in [5.41, 5.74) is 15.7. The number of ether oxygens (including phenoxy) is 3. The van der Waals surface area contributed by atoms with Crippen molar-refractivity contribution in [3.63, 3.8) is 0 Å². The molecule has 2 aromatic carbocycles. The van der Waals surface area contributed by atoms with E-state index in [1.165, 1.54) is 10.9 Å². The predicted molar refractivity (Wildman–Crippen MR) is 125 cm³/mol. The number of aryl methyl sites for hydroxylation is 1. The van der Waals surface area contributed by atoms with E-state index in [4.69, 9.17) is 25.7 Å². The molecule has 0 bridgehead atoms. The van der Waals surface area contributed by atoms with E-state index >= 15 is 0 Å². The summed E-state index contributed by atoms with van der Waals surface area (Å²) >= 11 is 2.24. The molecule has 1 atom stereocenters. The second-order valence-corrected chi connectivity index (χ2v) is 8.06. The highest BCUT2D eigenvalue weighted by Gasteiger charge is 2.17. The Labute approximate surface area is 185 Å². The average Bonchev–Trinajstić information content (AvgIpc) is 3.08. The standard InChI is InChI=1S/C22H28IN3O3/c1-27-15-4-5-20-16(10-15)14(6-8-24)13-26(20)9-7-19(25)17-11-22(29-3)18(23)12-21(17)28-2/h4-5,10-13,19H,6-9,24-25H2,1-3H3. The predicted octanol–water partition coefficient (Wildman–Crippen LogP) is 3.86. The summed E-state index contributed by atoms with van der Waals surface area (Å²) in [6, 6.07) is 9.91. The molecule has 29 heavy (non-hydrogen) atoms. The molecule has 1 heterocycles. The molecule has 0 saturated carbocycles. The summed E-state index contributed by atoms with van der Waals surface area (Å²) in [5, 5.41) is 1.18. The van der Waals surface area contributed by atoms with Crippen molar-refractivity contribution in [2.75, 3.05) is 27.9 Å². The molecule has 0 spiro atoms. The third-order valence-electron chi connectivity index (χ3n) is 5.17. The number of hydrogen-bond donors (Lipinski definition) is 2. The van der Waals surface area contributed by atoms with Gasteiger partial charge in [0.1, 0.15) is 17.2 Å². The average molecular weight is 509 g/mol. The zero-order chi connectivity index (χ0) is 21.0. The van der Waals surface area contributed by atoms with Crippen LogP contribution < -0.4 is 25.7 Å². The minimum absolute atomic E-state index is 0.176. The van der Waals surface area contributed by atoms with E-state index in [0.29, 0.717) is 6.54 Å². The van der Waals surface area contributed by atoms with E-state index in [1.807, 2.05) is 18.2 Å². The van der Waals surface area contributed by atoms with Crippen LogP contribution in [0.15, 0.2) is 36.5 Å². The number of hydrogen-bond acceptors (Lipinski definition) is 5. The van der Waals surface area contributed by atoms with Crippen LogP contribution in [0.25, 0.3) is 10.9 Å². The number of fused-ring (bicyclic) bond motifs is 1. The van der Waals surface area contributed by atoms with E-state index in [9.17, 15) is 0 Å². The van der Waals surface area contributed by atoms with Gasteiger partial charge in [-0.05, 0) is 77.9 Å². The third-order valence-corrected chi connectivity index (χ3v) is 6.01. The SMILES string of the molecule is COc1ccc2c(c1)c(CCN)cn2CCC(N)c1cc(OC)c(I)cc1OC. The number of aromatic nitrogens is 1. The molecule has 0 aliphatic rings. The van der Waals surface area contributed by atoms with Gasteiger partial charge in [-0.15, -0.1) is 0 Å². The maximum absolute atomic E-state index is 6.56. The monoisotopic (exact) mass is 509 g/mol. The minimum Gasteiger partial charge on any atom is -0.497 e. The first-order chi connectivity index (χ1) is 14.0. The van der Waals surface area contributed by atoms with E-state index in [2.05, 4.69) is 45.5 Å². The number of nitrogens with zero attached hydrogens (tertiary/aromatic N) is 1. The highest BCUT2D eigenvalue weighted by molar-refractivity contribution is 14.1. The molecular formula is C22H28IN3O3. The Morgan fingerprint density at radius 1 is 1.03 bits per heavy atom.